The van der Waals surface area contributed by atoms with Crippen LogP contribution in [0.25, 0.3) is 11.0 Å². The van der Waals surface area contributed by atoms with Crippen molar-refractivity contribution in [3.63, 3.8) is 0 Å². The number of rotatable bonds is 5. The minimum Gasteiger partial charge on any atom is -0.496 e. The molecular weight excluding hydrogens is 422 g/mol. The zero-order valence-corrected chi connectivity index (χ0v) is 17.7. The Bertz CT molecular complexity index is 1220. The van der Waals surface area contributed by atoms with Crippen LogP contribution in [0.4, 0.5) is 17.3 Å². The minimum absolute atomic E-state index is 0.288. The third kappa shape index (κ3) is 4.08. The average molecular weight is 439 g/mol. The highest BCUT2D eigenvalue weighted by atomic mass is 35.5. The van der Waals surface area contributed by atoms with Crippen LogP contribution in [0.2, 0.25) is 10.0 Å². The van der Waals surface area contributed by atoms with Gasteiger partial charge in [-0.2, -0.15) is 0 Å². The maximum atomic E-state index is 12.8. The zero-order valence-electron chi connectivity index (χ0n) is 16.2. The molecule has 3 aromatic carbocycles. The summed E-state index contributed by atoms with van der Waals surface area (Å²) in [5.74, 6) is 0.584. The van der Waals surface area contributed by atoms with E-state index in [1.165, 1.54) is 7.11 Å². The Kier molecular flexibility index (Phi) is 5.57. The van der Waals surface area contributed by atoms with Crippen molar-refractivity contribution >= 4 is 70.8 Å². The summed E-state index contributed by atoms with van der Waals surface area (Å²) in [6, 6.07) is 16.2. The van der Waals surface area contributed by atoms with Crippen LogP contribution >= 0.6 is 23.2 Å². The quantitative estimate of drug-likeness (QED) is 0.409. The molecule has 0 atom stereocenters. The van der Waals surface area contributed by atoms with Crippen LogP contribution in [0.3, 0.4) is 0 Å². The Morgan fingerprint density at radius 1 is 1.10 bits per heavy atom. The summed E-state index contributed by atoms with van der Waals surface area (Å²) in [4.78, 5) is 20.5. The first-order valence-corrected chi connectivity index (χ1v) is 9.87. The number of aromatic nitrogens is 2. The third-order valence-electron chi connectivity index (χ3n) is 4.56. The fourth-order valence-electron chi connectivity index (χ4n) is 3.01. The van der Waals surface area contributed by atoms with Crippen LogP contribution in [0.1, 0.15) is 10.4 Å². The molecule has 0 spiro atoms. The molecule has 1 heterocycles. The van der Waals surface area contributed by atoms with Gasteiger partial charge in [-0.15, -0.1) is 0 Å². The van der Waals surface area contributed by atoms with Gasteiger partial charge in [0.05, 0.1) is 39.4 Å². The number of para-hydroxylation sites is 1. The van der Waals surface area contributed by atoms with Crippen molar-refractivity contribution in [1.29, 1.82) is 0 Å². The van der Waals surface area contributed by atoms with Crippen molar-refractivity contribution in [2.24, 2.45) is 0 Å². The molecule has 1 amide bonds. The number of H-pyrrole nitrogens is 1. The van der Waals surface area contributed by atoms with Gasteiger partial charge < -0.3 is 20.4 Å². The summed E-state index contributed by atoms with van der Waals surface area (Å²) in [7, 11) is 3.50. The van der Waals surface area contributed by atoms with E-state index in [0.717, 1.165) is 5.46 Å². The lowest BCUT2D eigenvalue weighted by Crippen LogP contribution is -2.14. The van der Waals surface area contributed by atoms with E-state index >= 15 is 0 Å². The molecule has 1 aromatic heterocycles. The molecule has 0 aliphatic heterocycles. The highest BCUT2D eigenvalue weighted by Crippen LogP contribution is 2.33. The van der Waals surface area contributed by atoms with Crippen molar-refractivity contribution in [3.05, 3.63) is 70.2 Å². The number of amides is 1. The number of carbonyl (C=O) groups is 1. The largest absolute Gasteiger partial charge is 0.496 e. The van der Waals surface area contributed by atoms with E-state index in [2.05, 4.69) is 20.6 Å². The van der Waals surface area contributed by atoms with Gasteiger partial charge >= 0.3 is 0 Å². The van der Waals surface area contributed by atoms with E-state index in [9.17, 15) is 4.79 Å². The molecular formula is C21H17BCl2N4O2. The molecule has 0 aliphatic rings. The first-order chi connectivity index (χ1) is 14.4. The summed E-state index contributed by atoms with van der Waals surface area (Å²) < 4.78 is 5.43. The zero-order chi connectivity index (χ0) is 21.3. The highest BCUT2D eigenvalue weighted by Gasteiger charge is 2.17. The molecule has 4 aromatic rings. The summed E-state index contributed by atoms with van der Waals surface area (Å²) in [5.41, 5.74) is 4.02. The Balaban J connectivity index is 1.66. The topological polar surface area (TPSA) is 79.0 Å². The number of anilines is 3. The summed E-state index contributed by atoms with van der Waals surface area (Å²) in [5, 5.41) is 6.91. The van der Waals surface area contributed by atoms with Gasteiger partial charge in [0.15, 0.2) is 0 Å². The van der Waals surface area contributed by atoms with E-state index in [-0.39, 0.29) is 5.91 Å². The van der Waals surface area contributed by atoms with Gasteiger partial charge in [-0.3, -0.25) is 4.79 Å². The second-order valence-electron chi connectivity index (χ2n) is 6.70. The van der Waals surface area contributed by atoms with E-state index < -0.39 is 0 Å². The van der Waals surface area contributed by atoms with Crippen LogP contribution in [-0.4, -0.2) is 30.8 Å². The number of hydrogen-bond acceptors (Lipinski definition) is 4. The van der Waals surface area contributed by atoms with Crippen LogP contribution in [0.5, 0.6) is 5.75 Å². The standard InChI is InChI=1S/C21H17BCl2N4O2/c1-30-18-10-17-16(9-13(18)20(29)25-12-7-5-11(22)6-8-12)26-21(27-17)28-19-14(23)3-2-4-15(19)24/h2-10H,22H2,1H3,(H,25,29)(H2,26,27,28). The summed E-state index contributed by atoms with van der Waals surface area (Å²) in [6.07, 6.45) is 0. The number of aromatic amines is 1. The number of benzene rings is 3. The van der Waals surface area contributed by atoms with Gasteiger partial charge in [-0.1, -0.05) is 46.9 Å². The fourth-order valence-corrected chi connectivity index (χ4v) is 3.51. The van der Waals surface area contributed by atoms with Gasteiger partial charge in [0.25, 0.3) is 5.91 Å². The second-order valence-corrected chi connectivity index (χ2v) is 7.51. The number of ether oxygens (including phenoxy) is 1. The number of nitrogens with zero attached hydrogens (tertiary/aromatic N) is 1. The van der Waals surface area contributed by atoms with Crippen molar-refractivity contribution in [2.75, 3.05) is 17.7 Å². The molecule has 150 valence electrons. The van der Waals surface area contributed by atoms with Crippen molar-refractivity contribution in [3.8, 4) is 5.75 Å². The third-order valence-corrected chi connectivity index (χ3v) is 5.19. The molecule has 0 bridgehead atoms. The lowest BCUT2D eigenvalue weighted by molar-refractivity contribution is 0.102. The normalized spacial score (nSPS) is 10.8. The Labute approximate surface area is 184 Å². The Morgan fingerprint density at radius 2 is 1.80 bits per heavy atom. The molecule has 0 unspecified atom stereocenters. The summed E-state index contributed by atoms with van der Waals surface area (Å²) >= 11 is 12.4. The number of hydrogen-bond donors (Lipinski definition) is 3. The predicted octanol–water partition coefficient (Wildman–Crippen LogP) is 4.13. The minimum atomic E-state index is -0.288. The Hall–Kier alpha value is -3.16. The summed E-state index contributed by atoms with van der Waals surface area (Å²) in [6.45, 7) is 0. The van der Waals surface area contributed by atoms with E-state index in [1.807, 2.05) is 32.1 Å². The maximum absolute atomic E-state index is 12.8. The Morgan fingerprint density at radius 3 is 2.47 bits per heavy atom. The molecule has 0 saturated heterocycles. The number of imidazole rings is 1. The molecule has 9 heteroatoms. The number of carbonyl (C=O) groups excluding carboxylic acids is 1. The average Bonchev–Trinajstić information content (AvgIpc) is 3.13. The van der Waals surface area contributed by atoms with E-state index in [1.54, 1.807) is 30.3 Å². The predicted molar refractivity (Wildman–Crippen MR) is 125 cm³/mol. The van der Waals surface area contributed by atoms with E-state index in [0.29, 0.717) is 49.7 Å². The van der Waals surface area contributed by atoms with Crippen molar-refractivity contribution in [1.82, 2.24) is 9.97 Å². The lowest BCUT2D eigenvalue weighted by Gasteiger charge is -2.09. The van der Waals surface area contributed by atoms with E-state index in [4.69, 9.17) is 27.9 Å². The van der Waals surface area contributed by atoms with Gasteiger partial charge in [0, 0.05) is 11.8 Å². The van der Waals surface area contributed by atoms with Gasteiger partial charge in [-0.25, -0.2) is 4.98 Å². The molecule has 0 saturated carbocycles. The molecule has 3 N–H and O–H groups in total. The maximum Gasteiger partial charge on any atom is 0.259 e. The second kappa shape index (κ2) is 8.30. The molecule has 0 fully saturated rings. The number of nitrogens with one attached hydrogen (secondary N) is 3. The van der Waals surface area contributed by atoms with Gasteiger partial charge in [-0.05, 0) is 30.3 Å². The fraction of sp³-hybridized carbons (Fsp3) is 0.0476. The van der Waals surface area contributed by atoms with Crippen molar-refractivity contribution in [2.45, 2.75) is 0 Å². The van der Waals surface area contributed by atoms with Crippen LogP contribution in [0, 0.1) is 0 Å². The van der Waals surface area contributed by atoms with Crippen LogP contribution in [-0.2, 0) is 0 Å². The first-order valence-electron chi connectivity index (χ1n) is 9.11. The molecule has 0 aliphatic carbocycles. The molecule has 0 radical (unpaired) electrons. The van der Waals surface area contributed by atoms with Crippen molar-refractivity contribution < 1.29 is 9.53 Å². The smallest absolute Gasteiger partial charge is 0.259 e. The molecule has 4 rings (SSSR count). The number of fused-ring (bicyclic) bond motifs is 1. The molecule has 30 heavy (non-hydrogen) atoms. The van der Waals surface area contributed by atoms with Crippen LogP contribution in [0.15, 0.2) is 54.6 Å². The lowest BCUT2D eigenvalue weighted by atomic mass is 9.96. The monoisotopic (exact) mass is 438 g/mol. The van der Waals surface area contributed by atoms with Crippen LogP contribution < -0.4 is 20.8 Å². The van der Waals surface area contributed by atoms with Gasteiger partial charge in [0.1, 0.15) is 13.6 Å². The highest BCUT2D eigenvalue weighted by molar-refractivity contribution is 6.39. The number of halogens is 2. The number of methoxy groups -OCH3 is 1. The van der Waals surface area contributed by atoms with Gasteiger partial charge in [0.2, 0.25) is 5.95 Å². The SMILES string of the molecule is Bc1ccc(NC(=O)c2cc3nc(Nc4c(Cl)cccc4Cl)[nH]c3cc2OC)cc1. The molecule has 6 nitrogen and oxygen atoms in total. The first kappa shape index (κ1) is 20.1.